The van der Waals surface area contributed by atoms with Gasteiger partial charge in [0.05, 0.1) is 11.2 Å². The fourth-order valence-corrected chi connectivity index (χ4v) is 3.32. The average Bonchev–Trinajstić information content (AvgIpc) is 2.69. The third-order valence-corrected chi connectivity index (χ3v) is 4.69. The smallest absolute Gasteiger partial charge is 0.134 e. The van der Waals surface area contributed by atoms with Crippen molar-refractivity contribution in [2.75, 3.05) is 20.1 Å². The van der Waals surface area contributed by atoms with Gasteiger partial charge in [0.15, 0.2) is 0 Å². The SMILES string of the molecule is CN1CCc2cc(Cl)c(O)cc2C(c2ccc(/C=N/O)cc2)C1. The average molecular weight is 331 g/mol. The van der Waals surface area contributed by atoms with Crippen molar-refractivity contribution in [1.29, 1.82) is 0 Å². The van der Waals surface area contributed by atoms with Crippen LogP contribution in [-0.4, -0.2) is 41.6 Å². The zero-order valence-electron chi connectivity index (χ0n) is 12.9. The quantitative estimate of drug-likeness (QED) is 0.503. The molecule has 0 fully saturated rings. The topological polar surface area (TPSA) is 56.1 Å². The van der Waals surface area contributed by atoms with Gasteiger partial charge in [0.1, 0.15) is 5.75 Å². The number of phenolic OH excluding ortho intramolecular Hbond substituents is 1. The van der Waals surface area contributed by atoms with Crippen molar-refractivity contribution >= 4 is 17.8 Å². The molecule has 1 aliphatic heterocycles. The van der Waals surface area contributed by atoms with E-state index >= 15 is 0 Å². The second-order valence-electron chi connectivity index (χ2n) is 5.98. The van der Waals surface area contributed by atoms with Gasteiger partial charge in [-0.15, -0.1) is 0 Å². The van der Waals surface area contributed by atoms with Crippen molar-refractivity contribution in [1.82, 2.24) is 4.90 Å². The number of oxime groups is 1. The zero-order chi connectivity index (χ0) is 16.4. The van der Waals surface area contributed by atoms with Crippen LogP contribution in [0.15, 0.2) is 41.6 Å². The Balaban J connectivity index is 2.05. The van der Waals surface area contributed by atoms with Gasteiger partial charge < -0.3 is 15.2 Å². The van der Waals surface area contributed by atoms with Crippen LogP contribution in [-0.2, 0) is 6.42 Å². The van der Waals surface area contributed by atoms with E-state index in [9.17, 15) is 5.11 Å². The van der Waals surface area contributed by atoms with Crippen molar-refractivity contribution in [3.05, 3.63) is 63.7 Å². The molecule has 1 unspecified atom stereocenters. The second-order valence-corrected chi connectivity index (χ2v) is 6.39. The minimum atomic E-state index is 0.129. The summed E-state index contributed by atoms with van der Waals surface area (Å²) >= 11 is 6.08. The van der Waals surface area contributed by atoms with E-state index in [1.165, 1.54) is 11.8 Å². The lowest BCUT2D eigenvalue weighted by Crippen LogP contribution is -2.24. The molecular formula is C18H19ClN2O2. The number of hydrogen-bond acceptors (Lipinski definition) is 4. The monoisotopic (exact) mass is 330 g/mol. The lowest BCUT2D eigenvalue weighted by atomic mass is 9.87. The number of phenols is 1. The predicted molar refractivity (Wildman–Crippen MR) is 92.0 cm³/mol. The van der Waals surface area contributed by atoms with Gasteiger partial charge in [-0.05, 0) is 47.9 Å². The maximum atomic E-state index is 10.0. The van der Waals surface area contributed by atoms with Gasteiger partial charge in [0, 0.05) is 19.0 Å². The first-order chi connectivity index (χ1) is 11.1. The standard InChI is InChI=1S/C18H19ClN2O2/c1-21-7-6-14-8-17(19)18(22)9-15(14)16(11-21)13-4-2-12(3-5-13)10-20-23/h2-5,8-10,16,22-23H,6-7,11H2,1H3/b20-10+. The highest BCUT2D eigenvalue weighted by atomic mass is 35.5. The van der Waals surface area contributed by atoms with Crippen LogP contribution in [0.5, 0.6) is 5.75 Å². The fraction of sp³-hybridized carbons (Fsp3) is 0.278. The molecule has 2 N–H and O–H groups in total. The Morgan fingerprint density at radius 2 is 2.00 bits per heavy atom. The minimum Gasteiger partial charge on any atom is -0.506 e. The Bertz CT molecular complexity index is 729. The predicted octanol–water partition coefficient (Wildman–Crippen LogP) is 3.47. The molecule has 2 aromatic carbocycles. The summed E-state index contributed by atoms with van der Waals surface area (Å²) < 4.78 is 0. The Hall–Kier alpha value is -2.04. The second kappa shape index (κ2) is 6.60. The van der Waals surface area contributed by atoms with Gasteiger partial charge >= 0.3 is 0 Å². The maximum Gasteiger partial charge on any atom is 0.134 e. The van der Waals surface area contributed by atoms with Crippen LogP contribution in [0.4, 0.5) is 0 Å². The third-order valence-electron chi connectivity index (χ3n) is 4.39. The van der Waals surface area contributed by atoms with Gasteiger partial charge in [-0.1, -0.05) is 41.0 Å². The summed E-state index contributed by atoms with van der Waals surface area (Å²) in [6.45, 7) is 1.83. The normalized spacial score (nSPS) is 18.8. The molecular weight excluding hydrogens is 312 g/mol. The van der Waals surface area contributed by atoms with Crippen molar-refractivity contribution in [2.45, 2.75) is 12.3 Å². The number of fused-ring (bicyclic) bond motifs is 1. The highest BCUT2D eigenvalue weighted by Gasteiger charge is 2.24. The molecule has 0 bridgehead atoms. The van der Waals surface area contributed by atoms with Crippen LogP contribution in [0, 0.1) is 0 Å². The Kier molecular flexibility index (Phi) is 4.55. The number of halogens is 1. The summed E-state index contributed by atoms with van der Waals surface area (Å²) in [6, 6.07) is 11.6. The fourth-order valence-electron chi connectivity index (χ4n) is 3.14. The largest absolute Gasteiger partial charge is 0.506 e. The Morgan fingerprint density at radius 1 is 1.26 bits per heavy atom. The highest BCUT2D eigenvalue weighted by Crippen LogP contribution is 2.36. The summed E-state index contributed by atoms with van der Waals surface area (Å²) in [5, 5.41) is 22.1. The molecule has 0 radical (unpaired) electrons. The summed E-state index contributed by atoms with van der Waals surface area (Å²) in [7, 11) is 2.10. The number of likely N-dealkylation sites (N-methyl/N-ethyl adjacent to an activating group) is 1. The Labute approximate surface area is 140 Å². The van der Waals surface area contributed by atoms with Crippen LogP contribution in [0.2, 0.25) is 5.02 Å². The first-order valence-electron chi connectivity index (χ1n) is 7.55. The molecule has 1 heterocycles. The molecule has 3 rings (SSSR count). The van der Waals surface area contributed by atoms with Crippen molar-refractivity contribution in [3.63, 3.8) is 0 Å². The van der Waals surface area contributed by atoms with Crippen LogP contribution < -0.4 is 0 Å². The first kappa shape index (κ1) is 15.8. The number of nitrogens with zero attached hydrogens (tertiary/aromatic N) is 2. The summed E-state index contributed by atoms with van der Waals surface area (Å²) in [6.07, 6.45) is 2.32. The number of rotatable bonds is 2. The van der Waals surface area contributed by atoms with Gasteiger partial charge in [-0.3, -0.25) is 0 Å². The number of hydrogen-bond donors (Lipinski definition) is 2. The minimum absolute atomic E-state index is 0.129. The summed E-state index contributed by atoms with van der Waals surface area (Å²) in [4.78, 5) is 2.29. The first-order valence-corrected chi connectivity index (χ1v) is 7.93. The zero-order valence-corrected chi connectivity index (χ0v) is 13.7. The van der Waals surface area contributed by atoms with E-state index in [1.54, 1.807) is 6.07 Å². The van der Waals surface area contributed by atoms with E-state index in [4.69, 9.17) is 16.8 Å². The molecule has 23 heavy (non-hydrogen) atoms. The molecule has 0 amide bonds. The van der Waals surface area contributed by atoms with E-state index in [2.05, 4.69) is 17.1 Å². The van der Waals surface area contributed by atoms with Crippen LogP contribution in [0.3, 0.4) is 0 Å². The summed E-state index contributed by atoms with van der Waals surface area (Å²) in [5.41, 5.74) is 4.32. The molecule has 1 aliphatic rings. The molecule has 4 nitrogen and oxygen atoms in total. The lowest BCUT2D eigenvalue weighted by Gasteiger charge is -2.22. The van der Waals surface area contributed by atoms with E-state index in [-0.39, 0.29) is 11.7 Å². The van der Waals surface area contributed by atoms with Gasteiger partial charge in [0.2, 0.25) is 0 Å². The lowest BCUT2D eigenvalue weighted by molar-refractivity contribution is 0.322. The van der Waals surface area contributed by atoms with Crippen molar-refractivity contribution < 1.29 is 10.3 Å². The van der Waals surface area contributed by atoms with Crippen molar-refractivity contribution in [2.24, 2.45) is 5.16 Å². The number of aromatic hydroxyl groups is 1. The van der Waals surface area contributed by atoms with Crippen LogP contribution in [0.25, 0.3) is 0 Å². The number of benzene rings is 2. The summed E-state index contributed by atoms with van der Waals surface area (Å²) in [5.74, 6) is 0.296. The molecule has 0 aliphatic carbocycles. The van der Waals surface area contributed by atoms with Gasteiger partial charge in [0.25, 0.3) is 0 Å². The molecule has 0 saturated heterocycles. The molecule has 2 aromatic rings. The molecule has 120 valence electrons. The van der Waals surface area contributed by atoms with Gasteiger partial charge in [-0.2, -0.15) is 0 Å². The molecule has 5 heteroatoms. The van der Waals surface area contributed by atoms with Crippen LogP contribution >= 0.6 is 11.6 Å². The van der Waals surface area contributed by atoms with Crippen molar-refractivity contribution in [3.8, 4) is 5.75 Å². The Morgan fingerprint density at radius 3 is 2.70 bits per heavy atom. The molecule has 1 atom stereocenters. The van der Waals surface area contributed by atoms with E-state index < -0.39 is 0 Å². The van der Waals surface area contributed by atoms with Gasteiger partial charge in [-0.25, -0.2) is 0 Å². The molecule has 0 aromatic heterocycles. The molecule has 0 saturated carbocycles. The highest BCUT2D eigenvalue weighted by molar-refractivity contribution is 6.32. The van der Waals surface area contributed by atoms with Crippen LogP contribution in [0.1, 0.15) is 28.2 Å². The van der Waals surface area contributed by atoms with E-state index in [0.717, 1.165) is 36.2 Å². The molecule has 0 spiro atoms. The van der Waals surface area contributed by atoms with E-state index in [0.29, 0.717) is 5.02 Å². The van der Waals surface area contributed by atoms with E-state index in [1.807, 2.05) is 30.3 Å². The maximum absolute atomic E-state index is 10.0. The third kappa shape index (κ3) is 3.33.